The Labute approximate surface area is 103 Å². The maximum absolute atomic E-state index is 11.9. The Morgan fingerprint density at radius 3 is 2.59 bits per heavy atom. The number of esters is 2. The molecular weight excluding hydrogens is 220 g/mol. The first-order chi connectivity index (χ1) is 7.74. The Hall–Kier alpha value is -1.06. The highest BCUT2D eigenvalue weighted by atomic mass is 16.6. The van der Waals surface area contributed by atoms with E-state index in [4.69, 9.17) is 9.47 Å². The summed E-state index contributed by atoms with van der Waals surface area (Å²) < 4.78 is 10.4. The van der Waals surface area contributed by atoms with Crippen LogP contribution in [0.4, 0.5) is 0 Å². The van der Waals surface area contributed by atoms with E-state index in [2.05, 4.69) is 0 Å². The predicted molar refractivity (Wildman–Crippen MR) is 63.3 cm³/mol. The second kappa shape index (κ2) is 4.67. The summed E-state index contributed by atoms with van der Waals surface area (Å²) in [7, 11) is 0. The van der Waals surface area contributed by atoms with Gasteiger partial charge in [0.1, 0.15) is 11.5 Å². The molecule has 2 atom stereocenters. The van der Waals surface area contributed by atoms with Crippen LogP contribution in [-0.4, -0.2) is 24.6 Å². The number of hydrogen-bond donors (Lipinski definition) is 0. The van der Waals surface area contributed by atoms with Gasteiger partial charge in [-0.15, -0.1) is 0 Å². The number of rotatable bonds is 4. The average Bonchev–Trinajstić information content (AvgIpc) is 2.60. The van der Waals surface area contributed by atoms with Crippen LogP contribution in [0.25, 0.3) is 0 Å². The summed E-state index contributed by atoms with van der Waals surface area (Å²) in [5, 5.41) is 0. The largest absolute Gasteiger partial charge is 0.465 e. The van der Waals surface area contributed by atoms with Crippen molar-refractivity contribution in [3.63, 3.8) is 0 Å². The normalized spacial score (nSPS) is 26.5. The van der Waals surface area contributed by atoms with E-state index in [0.717, 1.165) is 0 Å². The molecule has 1 heterocycles. The molecule has 1 aliphatic heterocycles. The van der Waals surface area contributed by atoms with Crippen molar-refractivity contribution >= 4 is 11.9 Å². The second-order valence-electron chi connectivity index (χ2n) is 5.59. The van der Waals surface area contributed by atoms with E-state index >= 15 is 0 Å². The first-order valence-corrected chi connectivity index (χ1v) is 6.12. The lowest BCUT2D eigenvalue weighted by Gasteiger charge is -2.30. The van der Waals surface area contributed by atoms with Gasteiger partial charge in [-0.3, -0.25) is 9.59 Å². The third-order valence-corrected chi connectivity index (χ3v) is 3.94. The van der Waals surface area contributed by atoms with Crippen LogP contribution in [0, 0.1) is 10.8 Å². The van der Waals surface area contributed by atoms with Crippen LogP contribution in [0.1, 0.15) is 47.5 Å². The number of hydrogen-bond acceptors (Lipinski definition) is 4. The molecule has 0 saturated carbocycles. The Bertz CT molecular complexity index is 321. The summed E-state index contributed by atoms with van der Waals surface area (Å²) in [6.07, 6.45) is 0.864. The van der Waals surface area contributed by atoms with E-state index in [1.807, 2.05) is 20.8 Å². The molecule has 4 nitrogen and oxygen atoms in total. The van der Waals surface area contributed by atoms with Gasteiger partial charge in [-0.25, -0.2) is 0 Å². The summed E-state index contributed by atoms with van der Waals surface area (Å²) in [5.74, 6) is -0.527. The maximum atomic E-state index is 11.9. The molecule has 0 N–H and O–H groups in total. The number of carbonyl (C=O) groups is 2. The van der Waals surface area contributed by atoms with Crippen molar-refractivity contribution < 1.29 is 19.1 Å². The van der Waals surface area contributed by atoms with Gasteiger partial charge in [0.15, 0.2) is 0 Å². The third-order valence-electron chi connectivity index (χ3n) is 3.94. The van der Waals surface area contributed by atoms with Gasteiger partial charge >= 0.3 is 11.9 Å². The molecule has 1 rings (SSSR count). The van der Waals surface area contributed by atoms with Gasteiger partial charge in [0.2, 0.25) is 0 Å². The van der Waals surface area contributed by atoms with Crippen molar-refractivity contribution in [3.05, 3.63) is 0 Å². The SMILES string of the molecule is CCC(C)(C)C(=O)OC(C)C1(C)CCOC1=O. The van der Waals surface area contributed by atoms with E-state index in [1.54, 1.807) is 13.8 Å². The molecule has 1 aliphatic rings. The number of cyclic esters (lactones) is 1. The van der Waals surface area contributed by atoms with Crippen molar-refractivity contribution in [2.75, 3.05) is 6.61 Å². The molecule has 0 spiro atoms. The van der Waals surface area contributed by atoms with Crippen molar-refractivity contribution in [1.82, 2.24) is 0 Å². The van der Waals surface area contributed by atoms with Gasteiger partial charge in [-0.05, 0) is 34.1 Å². The highest BCUT2D eigenvalue weighted by Gasteiger charge is 2.47. The van der Waals surface area contributed by atoms with Crippen molar-refractivity contribution in [2.24, 2.45) is 10.8 Å². The molecule has 0 aliphatic carbocycles. The second-order valence-corrected chi connectivity index (χ2v) is 5.59. The maximum Gasteiger partial charge on any atom is 0.315 e. The standard InChI is InChI=1S/C13H22O4/c1-6-12(3,4)10(14)17-9(2)13(5)7-8-16-11(13)15/h9H,6-8H2,1-5H3. The van der Waals surface area contributed by atoms with E-state index in [9.17, 15) is 9.59 Å². The molecule has 0 amide bonds. The summed E-state index contributed by atoms with van der Waals surface area (Å²) >= 11 is 0. The zero-order valence-corrected chi connectivity index (χ0v) is 11.3. The quantitative estimate of drug-likeness (QED) is 0.710. The minimum absolute atomic E-state index is 0.256. The number of carbonyl (C=O) groups excluding carboxylic acids is 2. The minimum atomic E-state index is -0.695. The molecule has 0 bridgehead atoms. The predicted octanol–water partition coefficient (Wildman–Crippen LogP) is 2.31. The Morgan fingerprint density at radius 2 is 2.18 bits per heavy atom. The summed E-state index contributed by atoms with van der Waals surface area (Å²) in [4.78, 5) is 23.6. The van der Waals surface area contributed by atoms with E-state index in [-0.39, 0.29) is 11.9 Å². The van der Waals surface area contributed by atoms with Gasteiger partial charge in [0, 0.05) is 6.42 Å². The van der Waals surface area contributed by atoms with Crippen LogP contribution in [-0.2, 0) is 19.1 Å². The fraction of sp³-hybridized carbons (Fsp3) is 0.846. The van der Waals surface area contributed by atoms with Crippen LogP contribution in [0.15, 0.2) is 0 Å². The van der Waals surface area contributed by atoms with Gasteiger partial charge in [-0.1, -0.05) is 6.92 Å². The first-order valence-electron chi connectivity index (χ1n) is 6.12. The molecular formula is C13H22O4. The van der Waals surface area contributed by atoms with Crippen LogP contribution in [0.2, 0.25) is 0 Å². The van der Waals surface area contributed by atoms with E-state index in [1.165, 1.54) is 0 Å². The summed E-state index contributed by atoms with van der Waals surface area (Å²) in [6, 6.07) is 0. The molecule has 0 aromatic heterocycles. The van der Waals surface area contributed by atoms with Crippen LogP contribution >= 0.6 is 0 Å². The van der Waals surface area contributed by atoms with Gasteiger partial charge in [0.25, 0.3) is 0 Å². The lowest BCUT2D eigenvalue weighted by atomic mass is 9.83. The first kappa shape index (κ1) is 14.0. The van der Waals surface area contributed by atoms with E-state index < -0.39 is 16.9 Å². The molecule has 17 heavy (non-hydrogen) atoms. The Kier molecular flexibility index (Phi) is 3.84. The summed E-state index contributed by atoms with van der Waals surface area (Å²) in [5.41, 5.74) is -1.20. The molecule has 0 aromatic rings. The van der Waals surface area contributed by atoms with E-state index in [0.29, 0.717) is 19.4 Å². The van der Waals surface area contributed by atoms with Crippen molar-refractivity contribution in [2.45, 2.75) is 53.6 Å². The molecule has 0 radical (unpaired) electrons. The van der Waals surface area contributed by atoms with Crippen LogP contribution < -0.4 is 0 Å². The fourth-order valence-corrected chi connectivity index (χ4v) is 1.59. The molecule has 98 valence electrons. The van der Waals surface area contributed by atoms with Crippen molar-refractivity contribution in [1.29, 1.82) is 0 Å². The van der Waals surface area contributed by atoms with Crippen LogP contribution in [0.5, 0.6) is 0 Å². The smallest absolute Gasteiger partial charge is 0.315 e. The zero-order chi connectivity index (χ0) is 13.3. The Balaban J connectivity index is 2.70. The highest BCUT2D eigenvalue weighted by Crippen LogP contribution is 2.36. The average molecular weight is 242 g/mol. The molecule has 1 fully saturated rings. The monoisotopic (exact) mass is 242 g/mol. The molecule has 1 saturated heterocycles. The number of ether oxygens (including phenoxy) is 2. The van der Waals surface area contributed by atoms with Crippen LogP contribution in [0.3, 0.4) is 0 Å². The molecule has 4 heteroatoms. The van der Waals surface area contributed by atoms with Crippen molar-refractivity contribution in [3.8, 4) is 0 Å². The van der Waals surface area contributed by atoms with Gasteiger partial charge in [0.05, 0.1) is 12.0 Å². The van der Waals surface area contributed by atoms with Gasteiger partial charge < -0.3 is 9.47 Å². The summed E-state index contributed by atoms with van der Waals surface area (Å²) in [6.45, 7) is 9.59. The lowest BCUT2D eigenvalue weighted by molar-refractivity contribution is -0.169. The molecule has 2 unspecified atom stereocenters. The molecule has 0 aromatic carbocycles. The zero-order valence-electron chi connectivity index (χ0n) is 11.3. The minimum Gasteiger partial charge on any atom is -0.465 e. The fourth-order valence-electron chi connectivity index (χ4n) is 1.59. The third kappa shape index (κ3) is 2.61. The topological polar surface area (TPSA) is 52.6 Å². The Morgan fingerprint density at radius 1 is 1.59 bits per heavy atom. The van der Waals surface area contributed by atoms with Gasteiger partial charge in [-0.2, -0.15) is 0 Å². The lowest BCUT2D eigenvalue weighted by Crippen LogP contribution is -2.40. The highest BCUT2D eigenvalue weighted by molar-refractivity contribution is 5.80.